The second kappa shape index (κ2) is 6.61. The number of para-hydroxylation sites is 1. The number of oxazole rings is 1. The van der Waals surface area contributed by atoms with Gasteiger partial charge in [0.1, 0.15) is 5.82 Å². The highest BCUT2D eigenvalue weighted by molar-refractivity contribution is 7.92. The van der Waals surface area contributed by atoms with Crippen LogP contribution in [-0.4, -0.2) is 18.4 Å². The molecule has 0 saturated carbocycles. The number of sulfonamides is 1. The molecular formula is C18H14N4O4S. The van der Waals surface area contributed by atoms with Gasteiger partial charge in [0, 0.05) is 11.8 Å². The number of aromatic nitrogens is 2. The number of H-pyrrole nitrogens is 1. The van der Waals surface area contributed by atoms with Crippen LogP contribution in [0.25, 0.3) is 11.1 Å². The number of fused-ring (bicyclic) bond motifs is 1. The van der Waals surface area contributed by atoms with E-state index in [0.717, 1.165) is 5.69 Å². The number of hydrogen-bond donors (Lipinski definition) is 3. The third-order valence-corrected chi connectivity index (χ3v) is 5.14. The minimum atomic E-state index is -3.85. The molecule has 2 heterocycles. The largest absolute Gasteiger partial charge is 0.417 e. The summed E-state index contributed by atoms with van der Waals surface area (Å²) in [6, 6.07) is 16.9. The van der Waals surface area contributed by atoms with Crippen molar-refractivity contribution in [3.8, 4) is 0 Å². The van der Waals surface area contributed by atoms with Gasteiger partial charge in [-0.15, -0.1) is 0 Å². The molecule has 0 radical (unpaired) electrons. The Bertz CT molecular complexity index is 1250. The van der Waals surface area contributed by atoms with Gasteiger partial charge in [-0.05, 0) is 36.4 Å². The lowest BCUT2D eigenvalue weighted by atomic mass is 10.3. The fourth-order valence-corrected chi connectivity index (χ4v) is 3.56. The van der Waals surface area contributed by atoms with E-state index in [1.165, 1.54) is 24.4 Å². The van der Waals surface area contributed by atoms with Gasteiger partial charge in [0.05, 0.1) is 22.3 Å². The van der Waals surface area contributed by atoms with Crippen LogP contribution in [0.2, 0.25) is 0 Å². The minimum absolute atomic E-state index is 0.0239. The van der Waals surface area contributed by atoms with E-state index in [1.54, 1.807) is 12.1 Å². The topological polar surface area (TPSA) is 117 Å². The molecule has 2 aromatic heterocycles. The SMILES string of the molecule is O=c1[nH]c2ccc(S(=O)(=O)Nc3ccc(Nc4ccccc4)nc3)cc2o1. The Morgan fingerprint density at radius 2 is 1.78 bits per heavy atom. The average Bonchev–Trinajstić information content (AvgIpc) is 3.03. The zero-order valence-electron chi connectivity index (χ0n) is 13.8. The number of nitrogens with one attached hydrogen (secondary N) is 3. The summed E-state index contributed by atoms with van der Waals surface area (Å²) in [7, 11) is -3.85. The van der Waals surface area contributed by atoms with E-state index < -0.39 is 15.8 Å². The normalized spacial score (nSPS) is 11.4. The van der Waals surface area contributed by atoms with Crippen LogP contribution in [0.3, 0.4) is 0 Å². The van der Waals surface area contributed by atoms with Gasteiger partial charge in [-0.3, -0.25) is 9.71 Å². The summed E-state index contributed by atoms with van der Waals surface area (Å²) < 4.78 is 32.4. The van der Waals surface area contributed by atoms with E-state index in [4.69, 9.17) is 4.42 Å². The fourth-order valence-electron chi connectivity index (χ4n) is 2.50. The van der Waals surface area contributed by atoms with Gasteiger partial charge in [-0.25, -0.2) is 18.2 Å². The molecule has 9 heteroatoms. The molecule has 0 spiro atoms. The van der Waals surface area contributed by atoms with Crippen LogP contribution >= 0.6 is 0 Å². The fraction of sp³-hybridized carbons (Fsp3) is 0. The van der Waals surface area contributed by atoms with Gasteiger partial charge in [0.25, 0.3) is 10.0 Å². The summed E-state index contributed by atoms with van der Waals surface area (Å²) >= 11 is 0. The number of rotatable bonds is 5. The predicted molar refractivity (Wildman–Crippen MR) is 102 cm³/mol. The van der Waals surface area contributed by atoms with Gasteiger partial charge in [-0.1, -0.05) is 18.2 Å². The van der Waals surface area contributed by atoms with Gasteiger partial charge in [-0.2, -0.15) is 0 Å². The van der Waals surface area contributed by atoms with Gasteiger partial charge in [0.2, 0.25) is 0 Å². The van der Waals surface area contributed by atoms with E-state index in [0.29, 0.717) is 17.0 Å². The molecule has 0 aliphatic heterocycles. The maximum absolute atomic E-state index is 12.5. The molecule has 27 heavy (non-hydrogen) atoms. The summed E-state index contributed by atoms with van der Waals surface area (Å²) in [5, 5.41) is 3.11. The first kappa shape index (κ1) is 16.9. The molecule has 0 atom stereocenters. The highest BCUT2D eigenvalue weighted by Gasteiger charge is 2.16. The van der Waals surface area contributed by atoms with E-state index in [2.05, 4.69) is 20.0 Å². The Morgan fingerprint density at radius 1 is 0.963 bits per heavy atom. The van der Waals surface area contributed by atoms with Crippen molar-refractivity contribution >= 4 is 38.3 Å². The molecule has 8 nitrogen and oxygen atoms in total. The van der Waals surface area contributed by atoms with Gasteiger partial charge < -0.3 is 9.73 Å². The van der Waals surface area contributed by atoms with Crippen molar-refractivity contribution in [2.45, 2.75) is 4.90 Å². The number of aromatic amines is 1. The van der Waals surface area contributed by atoms with Crippen molar-refractivity contribution in [1.82, 2.24) is 9.97 Å². The number of hydrogen-bond acceptors (Lipinski definition) is 6. The summed E-state index contributed by atoms with van der Waals surface area (Å²) in [6.07, 6.45) is 1.41. The number of nitrogens with zero attached hydrogens (tertiary/aromatic N) is 1. The molecule has 0 unspecified atom stereocenters. The van der Waals surface area contributed by atoms with Crippen LogP contribution in [0, 0.1) is 0 Å². The molecule has 0 aliphatic rings. The van der Waals surface area contributed by atoms with Crippen molar-refractivity contribution in [1.29, 1.82) is 0 Å². The lowest BCUT2D eigenvalue weighted by Gasteiger charge is -2.09. The van der Waals surface area contributed by atoms with Gasteiger partial charge >= 0.3 is 5.76 Å². The average molecular weight is 382 g/mol. The second-order valence-electron chi connectivity index (χ2n) is 5.70. The Hall–Kier alpha value is -3.59. The molecule has 3 N–H and O–H groups in total. The summed E-state index contributed by atoms with van der Waals surface area (Å²) in [4.78, 5) is 17.8. The first-order valence-corrected chi connectivity index (χ1v) is 9.42. The van der Waals surface area contributed by atoms with Gasteiger partial charge in [0.15, 0.2) is 5.58 Å². The third-order valence-electron chi connectivity index (χ3n) is 3.76. The van der Waals surface area contributed by atoms with Crippen molar-refractivity contribution < 1.29 is 12.8 Å². The van der Waals surface area contributed by atoms with Crippen LogP contribution in [0.5, 0.6) is 0 Å². The number of pyridine rings is 1. The minimum Gasteiger partial charge on any atom is -0.408 e. The van der Waals surface area contributed by atoms with E-state index in [-0.39, 0.29) is 10.5 Å². The third kappa shape index (κ3) is 3.67. The lowest BCUT2D eigenvalue weighted by molar-refractivity contribution is 0.554. The van der Waals surface area contributed by atoms with E-state index >= 15 is 0 Å². The molecule has 0 amide bonds. The van der Waals surface area contributed by atoms with Crippen molar-refractivity contribution in [2.24, 2.45) is 0 Å². The van der Waals surface area contributed by atoms with Crippen molar-refractivity contribution in [3.63, 3.8) is 0 Å². The number of anilines is 3. The number of benzene rings is 2. The molecule has 0 aliphatic carbocycles. The summed E-state index contributed by atoms with van der Waals surface area (Å²) in [6.45, 7) is 0. The monoisotopic (exact) mass is 382 g/mol. The summed E-state index contributed by atoms with van der Waals surface area (Å²) in [5.41, 5.74) is 1.78. The van der Waals surface area contributed by atoms with Crippen LogP contribution in [-0.2, 0) is 10.0 Å². The van der Waals surface area contributed by atoms with E-state index in [1.807, 2.05) is 30.3 Å². The molecule has 0 fully saturated rings. The first-order valence-electron chi connectivity index (χ1n) is 7.93. The lowest BCUT2D eigenvalue weighted by Crippen LogP contribution is -2.13. The maximum Gasteiger partial charge on any atom is 0.417 e. The molecule has 4 rings (SSSR count). The highest BCUT2D eigenvalue weighted by Crippen LogP contribution is 2.21. The molecule has 0 saturated heterocycles. The molecule has 2 aromatic carbocycles. The first-order chi connectivity index (χ1) is 13.0. The van der Waals surface area contributed by atoms with Crippen molar-refractivity contribution in [2.75, 3.05) is 10.0 Å². The molecule has 4 aromatic rings. The predicted octanol–water partition coefficient (Wildman–Crippen LogP) is 3.06. The van der Waals surface area contributed by atoms with Crippen LogP contribution in [0.15, 0.2) is 81.0 Å². The standard InChI is InChI=1S/C18H14N4O4S/c23-18-21-15-8-7-14(10-16(15)26-18)27(24,25)22-13-6-9-17(19-11-13)20-12-4-2-1-3-5-12/h1-11,22H,(H,19,20)(H,21,23). The van der Waals surface area contributed by atoms with Crippen LogP contribution < -0.4 is 15.8 Å². The molecular weight excluding hydrogens is 368 g/mol. The Kier molecular flexibility index (Phi) is 4.13. The smallest absolute Gasteiger partial charge is 0.408 e. The maximum atomic E-state index is 12.5. The zero-order chi connectivity index (χ0) is 18.9. The quantitative estimate of drug-likeness (QED) is 0.488. The zero-order valence-corrected chi connectivity index (χ0v) is 14.7. The Labute approximate surface area is 153 Å². The van der Waals surface area contributed by atoms with E-state index in [9.17, 15) is 13.2 Å². The highest BCUT2D eigenvalue weighted by atomic mass is 32.2. The molecule has 0 bridgehead atoms. The summed E-state index contributed by atoms with van der Waals surface area (Å²) in [5.74, 6) is -0.0575. The van der Waals surface area contributed by atoms with Crippen LogP contribution in [0.1, 0.15) is 0 Å². The second-order valence-corrected chi connectivity index (χ2v) is 7.38. The Morgan fingerprint density at radius 3 is 2.52 bits per heavy atom. The molecule has 136 valence electrons. The van der Waals surface area contributed by atoms with Crippen LogP contribution in [0.4, 0.5) is 17.2 Å². The van der Waals surface area contributed by atoms with Crippen molar-refractivity contribution in [3.05, 3.63) is 77.4 Å². The Balaban J connectivity index is 1.54.